The van der Waals surface area contributed by atoms with Gasteiger partial charge in [0.05, 0.1) is 0 Å². The van der Waals surface area contributed by atoms with E-state index in [1.165, 1.54) is 38.5 Å². The largest absolute Gasteiger partial charge is 0.0533 e. The Kier molecular flexibility index (Phi) is 9.00. The normalized spacial score (nSPS) is 10.2. The van der Waals surface area contributed by atoms with Gasteiger partial charge in [0.15, 0.2) is 0 Å². The Hall–Kier alpha value is 0. The van der Waals surface area contributed by atoms with Gasteiger partial charge in [-0.15, -0.1) is 0 Å². The van der Waals surface area contributed by atoms with E-state index < -0.39 is 0 Å². The Morgan fingerprint density at radius 2 is 1.30 bits per heavy atom. The standard InChI is InChI=1S/C10H19/c1-3-5-7-9-10-8-6-4-2/h1H,2-10H2. The lowest BCUT2D eigenvalue weighted by atomic mass is 10.1. The molecule has 0 fully saturated rings. The predicted molar refractivity (Wildman–Crippen MR) is 46.6 cm³/mol. The van der Waals surface area contributed by atoms with Gasteiger partial charge in [-0.05, 0) is 13.3 Å². The molecule has 0 aliphatic carbocycles. The lowest BCUT2D eigenvalue weighted by molar-refractivity contribution is 0.599. The maximum Gasteiger partial charge on any atom is -0.0352 e. The highest BCUT2D eigenvalue weighted by molar-refractivity contribution is 4.47. The third kappa shape index (κ3) is 8.00. The average molecular weight is 139 g/mol. The minimum Gasteiger partial charge on any atom is -0.0533 e. The molecule has 0 aliphatic rings. The molecule has 59 valence electrons. The van der Waals surface area contributed by atoms with Gasteiger partial charge in [-0.25, -0.2) is 0 Å². The van der Waals surface area contributed by atoms with Crippen LogP contribution >= 0.6 is 0 Å². The molecular formula is C10H19. The molecule has 0 aromatic heterocycles. The van der Waals surface area contributed by atoms with Gasteiger partial charge in [0.2, 0.25) is 0 Å². The summed E-state index contributed by atoms with van der Waals surface area (Å²) in [6.07, 6.45) is 9.84. The fraction of sp³-hybridized carbons (Fsp3) is 0.800. The molecule has 0 aliphatic heterocycles. The molecule has 0 aromatic rings. The van der Waals surface area contributed by atoms with Crippen LogP contribution in [0.15, 0.2) is 0 Å². The van der Waals surface area contributed by atoms with E-state index in [0.29, 0.717) is 0 Å². The molecule has 0 bridgehead atoms. The monoisotopic (exact) mass is 139 g/mol. The molecule has 3 radical (unpaired) electrons. The molecule has 0 aromatic carbocycles. The minimum atomic E-state index is 0.856. The highest BCUT2D eigenvalue weighted by Crippen LogP contribution is 2.07. The van der Waals surface area contributed by atoms with E-state index >= 15 is 0 Å². The van der Waals surface area contributed by atoms with Gasteiger partial charge >= 0.3 is 0 Å². The molecule has 0 nitrogen and oxygen atoms in total. The van der Waals surface area contributed by atoms with Crippen molar-refractivity contribution in [2.45, 2.75) is 51.4 Å². The zero-order chi connectivity index (χ0) is 7.66. The maximum atomic E-state index is 5.36. The maximum absolute atomic E-state index is 5.36. The van der Waals surface area contributed by atoms with Crippen LogP contribution in [0.2, 0.25) is 0 Å². The third-order valence-electron chi connectivity index (χ3n) is 1.70. The van der Waals surface area contributed by atoms with Crippen LogP contribution in [0.4, 0.5) is 0 Å². The van der Waals surface area contributed by atoms with E-state index in [1.807, 2.05) is 0 Å². The van der Waals surface area contributed by atoms with Gasteiger partial charge in [-0.3, -0.25) is 0 Å². The van der Waals surface area contributed by atoms with Gasteiger partial charge in [0.25, 0.3) is 0 Å². The zero-order valence-corrected chi connectivity index (χ0v) is 6.94. The average Bonchev–Trinajstić information content (AvgIpc) is 1.97. The molecule has 0 amide bonds. The fourth-order valence-corrected chi connectivity index (χ4v) is 1.03. The number of hydrogen-bond donors (Lipinski definition) is 0. The summed E-state index contributed by atoms with van der Waals surface area (Å²) in [4.78, 5) is 0. The van der Waals surface area contributed by atoms with Crippen LogP contribution < -0.4 is 0 Å². The van der Waals surface area contributed by atoms with Crippen molar-refractivity contribution in [3.63, 3.8) is 0 Å². The topological polar surface area (TPSA) is 0 Å². The van der Waals surface area contributed by atoms with Crippen molar-refractivity contribution in [2.75, 3.05) is 0 Å². The summed E-state index contributed by atoms with van der Waals surface area (Å²) in [6.45, 7) is 9.16. The second-order valence-electron chi connectivity index (χ2n) is 2.76. The van der Waals surface area contributed by atoms with Crippen LogP contribution in [-0.2, 0) is 0 Å². The zero-order valence-electron chi connectivity index (χ0n) is 6.94. The van der Waals surface area contributed by atoms with Crippen LogP contribution in [-0.4, -0.2) is 0 Å². The number of unbranched alkanes of at least 4 members (excludes halogenated alkanes) is 7. The molecule has 0 unspecified atom stereocenters. The fourth-order valence-electron chi connectivity index (χ4n) is 1.03. The molecule has 0 saturated carbocycles. The van der Waals surface area contributed by atoms with Crippen molar-refractivity contribution >= 4 is 0 Å². The second-order valence-corrected chi connectivity index (χ2v) is 2.76. The lowest BCUT2D eigenvalue weighted by Gasteiger charge is -1.97. The Morgan fingerprint density at radius 1 is 0.800 bits per heavy atom. The third-order valence-corrected chi connectivity index (χ3v) is 1.70. The summed E-state index contributed by atoms with van der Waals surface area (Å²) >= 11 is 0. The summed E-state index contributed by atoms with van der Waals surface area (Å²) in [5, 5.41) is 0. The number of hydrogen-bond acceptors (Lipinski definition) is 0. The van der Waals surface area contributed by atoms with Crippen molar-refractivity contribution in [2.24, 2.45) is 0 Å². The van der Waals surface area contributed by atoms with Gasteiger partial charge in [0, 0.05) is 0 Å². The van der Waals surface area contributed by atoms with Gasteiger partial charge in [0.1, 0.15) is 0 Å². The summed E-state index contributed by atoms with van der Waals surface area (Å²) in [7, 11) is 0. The molecule has 10 heavy (non-hydrogen) atoms. The first-order valence-corrected chi connectivity index (χ1v) is 4.41. The summed E-state index contributed by atoms with van der Waals surface area (Å²) in [6, 6.07) is 0. The first-order chi connectivity index (χ1) is 4.91. The van der Waals surface area contributed by atoms with Crippen molar-refractivity contribution in [1.82, 2.24) is 0 Å². The van der Waals surface area contributed by atoms with Gasteiger partial charge in [-0.2, -0.15) is 0 Å². The van der Waals surface area contributed by atoms with Crippen molar-refractivity contribution in [3.8, 4) is 0 Å². The smallest absolute Gasteiger partial charge is 0.0352 e. The number of rotatable bonds is 7. The molecule has 0 rings (SSSR count). The summed E-state index contributed by atoms with van der Waals surface area (Å²) in [5.41, 5.74) is 0. The summed E-state index contributed by atoms with van der Waals surface area (Å²) in [5.74, 6) is 0. The van der Waals surface area contributed by atoms with Crippen LogP contribution in [0.3, 0.4) is 0 Å². The quantitative estimate of drug-likeness (QED) is 0.472. The van der Waals surface area contributed by atoms with E-state index in [0.717, 1.165) is 12.8 Å². The van der Waals surface area contributed by atoms with E-state index in [9.17, 15) is 0 Å². The highest BCUT2D eigenvalue weighted by atomic mass is 13.9. The summed E-state index contributed by atoms with van der Waals surface area (Å²) < 4.78 is 0. The molecular weight excluding hydrogens is 120 g/mol. The Bertz CT molecular complexity index is 40.0. The predicted octanol–water partition coefficient (Wildman–Crippen LogP) is 3.65. The van der Waals surface area contributed by atoms with Crippen LogP contribution in [0.1, 0.15) is 51.4 Å². The minimum absolute atomic E-state index is 0.856. The van der Waals surface area contributed by atoms with Crippen LogP contribution in [0, 0.1) is 13.8 Å². The molecule has 0 N–H and O–H groups in total. The molecule has 0 heterocycles. The van der Waals surface area contributed by atoms with Crippen LogP contribution in [0.25, 0.3) is 0 Å². The first-order valence-electron chi connectivity index (χ1n) is 4.41. The highest BCUT2D eigenvalue weighted by Gasteiger charge is 1.87. The Morgan fingerprint density at radius 3 is 1.80 bits per heavy atom. The van der Waals surface area contributed by atoms with Gasteiger partial charge < -0.3 is 0 Å². The molecule has 0 saturated heterocycles. The molecule has 0 spiro atoms. The SMILES string of the molecule is [CH]CCCCCCCC[CH2]. The lowest BCUT2D eigenvalue weighted by Crippen LogP contribution is -1.78. The van der Waals surface area contributed by atoms with Gasteiger partial charge in [-0.1, -0.05) is 51.9 Å². The Labute approximate surface area is 66.0 Å². The van der Waals surface area contributed by atoms with E-state index in [4.69, 9.17) is 6.92 Å². The molecule has 0 heteroatoms. The van der Waals surface area contributed by atoms with Crippen molar-refractivity contribution < 1.29 is 0 Å². The van der Waals surface area contributed by atoms with E-state index in [-0.39, 0.29) is 0 Å². The van der Waals surface area contributed by atoms with Crippen molar-refractivity contribution in [1.29, 1.82) is 0 Å². The van der Waals surface area contributed by atoms with Crippen molar-refractivity contribution in [3.05, 3.63) is 13.8 Å². The second kappa shape index (κ2) is 9.00. The Balaban J connectivity index is 2.65. The first kappa shape index (κ1) is 10.0. The molecule has 0 atom stereocenters. The van der Waals surface area contributed by atoms with E-state index in [1.54, 1.807) is 0 Å². The van der Waals surface area contributed by atoms with Crippen LogP contribution in [0.5, 0.6) is 0 Å². The van der Waals surface area contributed by atoms with E-state index in [2.05, 4.69) is 6.92 Å².